The third-order valence-electron chi connectivity index (χ3n) is 4.61. The second-order valence-electron chi connectivity index (χ2n) is 5.92. The number of rotatable bonds is 2. The molecule has 1 aromatic heterocycles. The molecule has 1 aliphatic heterocycles. The van der Waals surface area contributed by atoms with E-state index in [0.717, 1.165) is 53.4 Å². The number of anilines is 1. The molecule has 2 aromatic rings. The minimum Gasteiger partial charge on any atom is -0.355 e. The van der Waals surface area contributed by atoms with Gasteiger partial charge in [-0.05, 0) is 30.7 Å². The van der Waals surface area contributed by atoms with Crippen LogP contribution in [0.25, 0.3) is 10.8 Å². The molecule has 2 fully saturated rings. The normalized spacial score (nSPS) is 24.0. The van der Waals surface area contributed by atoms with E-state index in [4.69, 9.17) is 11.6 Å². The summed E-state index contributed by atoms with van der Waals surface area (Å²) in [5, 5.41) is 2.30. The topological polar surface area (TPSA) is 33.2 Å². The van der Waals surface area contributed by atoms with Crippen molar-refractivity contribution in [2.75, 3.05) is 18.0 Å². The maximum atomic E-state index is 11.6. The summed E-state index contributed by atoms with van der Waals surface area (Å²) in [5.74, 6) is 2.35. The summed E-state index contributed by atoms with van der Waals surface area (Å²) in [6.07, 6.45) is 2.26. The van der Waals surface area contributed by atoms with Crippen LogP contribution in [0.15, 0.2) is 18.2 Å². The van der Waals surface area contributed by atoms with E-state index < -0.39 is 0 Å². The molecule has 2 aliphatic rings. The van der Waals surface area contributed by atoms with Gasteiger partial charge in [-0.15, -0.1) is 0 Å². The number of hydrogen-bond donors (Lipinski definition) is 0. The van der Waals surface area contributed by atoms with Crippen LogP contribution in [0.2, 0.25) is 5.15 Å². The van der Waals surface area contributed by atoms with Crippen molar-refractivity contribution in [1.29, 1.82) is 0 Å². The number of nitrogens with zero attached hydrogens (tertiary/aromatic N) is 2. The lowest BCUT2D eigenvalue weighted by Gasteiger charge is -2.22. The Hall–Kier alpha value is -1.61. The predicted octanol–water partition coefficient (Wildman–Crippen LogP) is 3.47. The molecule has 4 rings (SSSR count). The van der Waals surface area contributed by atoms with Gasteiger partial charge >= 0.3 is 0 Å². The number of hydrogen-bond acceptors (Lipinski definition) is 3. The van der Waals surface area contributed by atoms with Crippen LogP contribution in [0.4, 0.5) is 5.82 Å². The fourth-order valence-corrected chi connectivity index (χ4v) is 3.68. The molecular formula is C16H15ClN2O. The zero-order valence-electron chi connectivity index (χ0n) is 11.3. The fourth-order valence-electron chi connectivity index (χ4n) is 3.45. The molecule has 0 N–H and O–H groups in total. The monoisotopic (exact) mass is 286 g/mol. The van der Waals surface area contributed by atoms with Crippen LogP contribution >= 0.6 is 11.6 Å². The molecular weight excluding hydrogens is 272 g/mol. The van der Waals surface area contributed by atoms with Crippen molar-refractivity contribution < 1.29 is 4.79 Å². The van der Waals surface area contributed by atoms with Crippen molar-refractivity contribution in [3.63, 3.8) is 0 Å². The number of piperidine rings is 1. The lowest BCUT2D eigenvalue weighted by Crippen LogP contribution is -2.24. The Morgan fingerprint density at radius 1 is 1.35 bits per heavy atom. The summed E-state index contributed by atoms with van der Waals surface area (Å²) in [7, 11) is 0. The third-order valence-corrected chi connectivity index (χ3v) is 4.89. The Balaban J connectivity index is 1.96. The van der Waals surface area contributed by atoms with Crippen LogP contribution in [0.5, 0.6) is 0 Å². The minimum absolute atomic E-state index is 0.491. The molecule has 0 spiro atoms. The molecule has 2 heterocycles. The minimum atomic E-state index is 0.491. The molecule has 1 aromatic carbocycles. The Labute approximate surface area is 122 Å². The molecule has 102 valence electrons. The lowest BCUT2D eigenvalue weighted by atomic mass is 10.0. The van der Waals surface area contributed by atoms with E-state index >= 15 is 0 Å². The van der Waals surface area contributed by atoms with Crippen molar-refractivity contribution in [3.05, 3.63) is 34.5 Å². The Kier molecular flexibility index (Phi) is 2.55. The van der Waals surface area contributed by atoms with Gasteiger partial charge in [-0.3, -0.25) is 4.79 Å². The van der Waals surface area contributed by atoms with Gasteiger partial charge in [0, 0.05) is 23.9 Å². The number of pyridine rings is 1. The largest absolute Gasteiger partial charge is 0.355 e. The average molecular weight is 287 g/mol. The molecule has 3 nitrogen and oxygen atoms in total. The standard InChI is InChI=1S/C16H15ClN2O/c1-9-3-2-4-12-14(9)13(8-20)16(18-15(12)17)19-6-10-5-11(10)7-19/h2-4,8,10-11H,5-7H2,1H3. The fraction of sp³-hybridized carbons (Fsp3) is 0.375. The van der Waals surface area contributed by atoms with Crippen molar-refractivity contribution >= 4 is 34.5 Å². The van der Waals surface area contributed by atoms with E-state index in [1.54, 1.807) is 0 Å². The van der Waals surface area contributed by atoms with Gasteiger partial charge in [-0.25, -0.2) is 4.98 Å². The molecule has 4 heteroatoms. The van der Waals surface area contributed by atoms with E-state index in [2.05, 4.69) is 9.88 Å². The van der Waals surface area contributed by atoms with Crippen LogP contribution < -0.4 is 4.90 Å². The van der Waals surface area contributed by atoms with E-state index in [1.807, 2.05) is 25.1 Å². The molecule has 0 bridgehead atoms. The number of aryl methyl sites for hydroxylation is 1. The summed E-state index contributed by atoms with van der Waals surface area (Å²) < 4.78 is 0. The van der Waals surface area contributed by atoms with Crippen LogP contribution in [0.3, 0.4) is 0 Å². The van der Waals surface area contributed by atoms with Crippen molar-refractivity contribution in [1.82, 2.24) is 4.98 Å². The van der Waals surface area contributed by atoms with E-state index in [1.165, 1.54) is 6.42 Å². The van der Waals surface area contributed by atoms with E-state index in [9.17, 15) is 4.79 Å². The predicted molar refractivity (Wildman–Crippen MR) is 80.7 cm³/mol. The summed E-state index contributed by atoms with van der Waals surface area (Å²) in [6, 6.07) is 5.89. The summed E-state index contributed by atoms with van der Waals surface area (Å²) in [6.45, 7) is 4.02. The smallest absolute Gasteiger partial charge is 0.154 e. The molecule has 0 amide bonds. The second-order valence-corrected chi connectivity index (χ2v) is 6.27. The van der Waals surface area contributed by atoms with Gasteiger partial charge in [-0.1, -0.05) is 29.8 Å². The first-order valence-corrected chi connectivity index (χ1v) is 7.35. The SMILES string of the molecule is Cc1cccc2c(Cl)nc(N3CC4CC4C3)c(C=O)c12. The van der Waals surface area contributed by atoms with Gasteiger partial charge in [0.15, 0.2) is 6.29 Å². The first-order chi connectivity index (χ1) is 9.69. The maximum Gasteiger partial charge on any atom is 0.154 e. The Morgan fingerprint density at radius 3 is 2.80 bits per heavy atom. The van der Waals surface area contributed by atoms with Gasteiger partial charge < -0.3 is 4.90 Å². The number of halogens is 1. The zero-order chi connectivity index (χ0) is 13.9. The number of carbonyl (C=O) groups is 1. The number of benzene rings is 1. The summed E-state index contributed by atoms with van der Waals surface area (Å²) in [5.41, 5.74) is 1.75. The first kappa shape index (κ1) is 12.2. The van der Waals surface area contributed by atoms with Gasteiger partial charge in [0.2, 0.25) is 0 Å². The Morgan fingerprint density at radius 2 is 2.10 bits per heavy atom. The van der Waals surface area contributed by atoms with E-state index in [0.29, 0.717) is 10.7 Å². The van der Waals surface area contributed by atoms with Crippen molar-refractivity contribution in [3.8, 4) is 0 Å². The molecule has 2 atom stereocenters. The molecule has 20 heavy (non-hydrogen) atoms. The third kappa shape index (κ3) is 1.66. The van der Waals surface area contributed by atoms with Crippen LogP contribution in [0.1, 0.15) is 22.3 Å². The highest BCUT2D eigenvalue weighted by atomic mass is 35.5. The van der Waals surface area contributed by atoms with Gasteiger partial charge in [-0.2, -0.15) is 0 Å². The number of carbonyl (C=O) groups excluding carboxylic acids is 1. The van der Waals surface area contributed by atoms with Gasteiger partial charge in [0.25, 0.3) is 0 Å². The molecule has 0 radical (unpaired) electrons. The van der Waals surface area contributed by atoms with E-state index in [-0.39, 0.29) is 0 Å². The highest BCUT2D eigenvalue weighted by molar-refractivity contribution is 6.35. The van der Waals surface area contributed by atoms with Crippen LogP contribution in [-0.2, 0) is 0 Å². The van der Waals surface area contributed by atoms with Crippen molar-refractivity contribution in [2.24, 2.45) is 11.8 Å². The number of aromatic nitrogens is 1. The highest BCUT2D eigenvalue weighted by Crippen LogP contribution is 2.47. The summed E-state index contributed by atoms with van der Waals surface area (Å²) in [4.78, 5) is 18.4. The molecule has 1 saturated heterocycles. The van der Waals surface area contributed by atoms with Gasteiger partial charge in [0.1, 0.15) is 11.0 Å². The molecule has 1 aliphatic carbocycles. The first-order valence-electron chi connectivity index (χ1n) is 6.98. The average Bonchev–Trinajstić information content (AvgIpc) is 3.06. The number of aldehydes is 1. The van der Waals surface area contributed by atoms with Crippen LogP contribution in [0, 0.1) is 18.8 Å². The maximum absolute atomic E-state index is 11.6. The second kappa shape index (κ2) is 4.19. The number of fused-ring (bicyclic) bond motifs is 2. The van der Waals surface area contributed by atoms with Crippen molar-refractivity contribution in [2.45, 2.75) is 13.3 Å². The molecule has 2 unspecified atom stereocenters. The highest BCUT2D eigenvalue weighted by Gasteiger charge is 2.46. The summed E-state index contributed by atoms with van der Waals surface area (Å²) >= 11 is 6.34. The van der Waals surface area contributed by atoms with Gasteiger partial charge in [0.05, 0.1) is 5.56 Å². The Bertz CT molecular complexity index is 718. The molecule has 1 saturated carbocycles. The zero-order valence-corrected chi connectivity index (χ0v) is 12.0. The quantitative estimate of drug-likeness (QED) is 0.626. The van der Waals surface area contributed by atoms with Crippen LogP contribution in [-0.4, -0.2) is 24.4 Å². The lowest BCUT2D eigenvalue weighted by molar-refractivity contribution is 0.112.